The van der Waals surface area contributed by atoms with Crippen LogP contribution in [-0.4, -0.2) is 13.1 Å². The molecule has 0 amide bonds. The zero-order valence-electron chi connectivity index (χ0n) is 10.7. The number of rotatable bonds is 6. The van der Waals surface area contributed by atoms with Crippen molar-refractivity contribution in [2.24, 2.45) is 11.7 Å². The quantitative estimate of drug-likeness (QED) is 0.772. The summed E-state index contributed by atoms with van der Waals surface area (Å²) < 4.78 is 0. The summed E-state index contributed by atoms with van der Waals surface area (Å²) in [5.41, 5.74) is 8.12. The van der Waals surface area contributed by atoms with Gasteiger partial charge < -0.3 is 11.1 Å². The summed E-state index contributed by atoms with van der Waals surface area (Å²) >= 11 is 0. The van der Waals surface area contributed by atoms with Gasteiger partial charge in [0.2, 0.25) is 0 Å². The molecular weight excluding hydrogens is 196 g/mol. The lowest BCUT2D eigenvalue weighted by Gasteiger charge is -2.13. The zero-order valence-corrected chi connectivity index (χ0v) is 10.7. The van der Waals surface area contributed by atoms with Gasteiger partial charge in [0.15, 0.2) is 0 Å². The van der Waals surface area contributed by atoms with Crippen molar-refractivity contribution in [3.05, 3.63) is 29.8 Å². The first-order valence-corrected chi connectivity index (χ1v) is 6.17. The second kappa shape index (κ2) is 6.54. The summed E-state index contributed by atoms with van der Waals surface area (Å²) in [6.07, 6.45) is 1.08. The van der Waals surface area contributed by atoms with Gasteiger partial charge in [-0.15, -0.1) is 0 Å². The molecule has 1 aromatic rings. The minimum absolute atomic E-state index is 0.602. The van der Waals surface area contributed by atoms with Crippen LogP contribution in [0.4, 0.5) is 5.69 Å². The van der Waals surface area contributed by atoms with Gasteiger partial charge in [0.25, 0.3) is 0 Å². The Hall–Kier alpha value is -1.02. The Kier molecular flexibility index (Phi) is 5.33. The van der Waals surface area contributed by atoms with E-state index in [2.05, 4.69) is 50.4 Å². The van der Waals surface area contributed by atoms with Crippen molar-refractivity contribution in [2.45, 2.75) is 33.1 Å². The number of benzene rings is 1. The van der Waals surface area contributed by atoms with E-state index in [1.165, 1.54) is 11.3 Å². The Morgan fingerprint density at radius 3 is 2.25 bits per heavy atom. The summed E-state index contributed by atoms with van der Waals surface area (Å²) in [7, 11) is 0. The number of nitrogens with one attached hydrogen (secondary N) is 1. The molecule has 3 N–H and O–H groups in total. The lowest BCUT2D eigenvalue weighted by atomic mass is 10.0. The van der Waals surface area contributed by atoms with E-state index in [0.717, 1.165) is 19.5 Å². The summed E-state index contributed by atoms with van der Waals surface area (Å²) in [4.78, 5) is 0. The van der Waals surface area contributed by atoms with Crippen molar-refractivity contribution in [1.29, 1.82) is 0 Å². The minimum atomic E-state index is 0.602. The predicted octanol–water partition coefficient (Wildman–Crippen LogP) is 3.21. The largest absolute Gasteiger partial charge is 0.385 e. The van der Waals surface area contributed by atoms with Crippen LogP contribution in [0.25, 0.3) is 0 Å². The van der Waals surface area contributed by atoms with E-state index in [4.69, 9.17) is 5.73 Å². The molecule has 0 radical (unpaired) electrons. The van der Waals surface area contributed by atoms with Crippen molar-refractivity contribution in [2.75, 3.05) is 18.4 Å². The maximum absolute atomic E-state index is 5.52. The molecule has 0 saturated heterocycles. The molecule has 1 atom stereocenters. The molecule has 16 heavy (non-hydrogen) atoms. The SMILES string of the molecule is CC(CCN)CNc1ccc(C(C)C)cc1. The van der Waals surface area contributed by atoms with Gasteiger partial charge >= 0.3 is 0 Å². The Labute approximate surface area is 99.2 Å². The molecular formula is C14H24N2. The number of hydrogen-bond acceptors (Lipinski definition) is 2. The fraction of sp³-hybridized carbons (Fsp3) is 0.571. The third-order valence-electron chi connectivity index (χ3n) is 2.89. The van der Waals surface area contributed by atoms with Crippen molar-refractivity contribution < 1.29 is 0 Å². The smallest absolute Gasteiger partial charge is 0.0340 e. The number of nitrogens with two attached hydrogens (primary N) is 1. The average Bonchev–Trinajstić information content (AvgIpc) is 2.27. The summed E-state index contributed by atoms with van der Waals surface area (Å²) in [5.74, 6) is 1.24. The van der Waals surface area contributed by atoms with Crippen LogP contribution >= 0.6 is 0 Å². The predicted molar refractivity (Wildman–Crippen MR) is 71.9 cm³/mol. The molecule has 0 saturated carbocycles. The molecule has 2 nitrogen and oxygen atoms in total. The Morgan fingerprint density at radius 1 is 1.12 bits per heavy atom. The molecule has 1 unspecified atom stereocenters. The molecule has 1 rings (SSSR count). The van der Waals surface area contributed by atoms with E-state index in [-0.39, 0.29) is 0 Å². The van der Waals surface area contributed by atoms with Crippen LogP contribution in [-0.2, 0) is 0 Å². The van der Waals surface area contributed by atoms with Gasteiger partial charge in [0, 0.05) is 12.2 Å². The van der Waals surface area contributed by atoms with Crippen molar-refractivity contribution >= 4 is 5.69 Å². The van der Waals surface area contributed by atoms with E-state index in [1.54, 1.807) is 0 Å². The van der Waals surface area contributed by atoms with E-state index in [1.807, 2.05) is 0 Å². The molecule has 0 bridgehead atoms. The standard InChI is InChI=1S/C14H24N2/c1-11(2)13-4-6-14(7-5-13)16-10-12(3)8-9-15/h4-7,11-12,16H,8-10,15H2,1-3H3. The molecule has 90 valence electrons. The first-order chi connectivity index (χ1) is 7.63. The molecule has 0 aliphatic rings. The fourth-order valence-corrected chi connectivity index (χ4v) is 1.66. The van der Waals surface area contributed by atoms with Gasteiger partial charge in [-0.25, -0.2) is 0 Å². The van der Waals surface area contributed by atoms with Crippen LogP contribution in [0.3, 0.4) is 0 Å². The van der Waals surface area contributed by atoms with Gasteiger partial charge in [0.05, 0.1) is 0 Å². The van der Waals surface area contributed by atoms with E-state index < -0.39 is 0 Å². The van der Waals surface area contributed by atoms with Gasteiger partial charge in [-0.1, -0.05) is 32.9 Å². The van der Waals surface area contributed by atoms with Crippen LogP contribution < -0.4 is 11.1 Å². The second-order valence-electron chi connectivity index (χ2n) is 4.84. The van der Waals surface area contributed by atoms with Crippen LogP contribution in [0.2, 0.25) is 0 Å². The molecule has 2 heteroatoms. The highest BCUT2D eigenvalue weighted by molar-refractivity contribution is 5.45. The Balaban J connectivity index is 2.43. The molecule has 0 fully saturated rings. The van der Waals surface area contributed by atoms with E-state index in [9.17, 15) is 0 Å². The highest BCUT2D eigenvalue weighted by Gasteiger charge is 2.01. The molecule has 0 aliphatic carbocycles. The van der Waals surface area contributed by atoms with Crippen molar-refractivity contribution in [3.8, 4) is 0 Å². The molecule has 0 heterocycles. The van der Waals surface area contributed by atoms with Gasteiger partial charge in [-0.3, -0.25) is 0 Å². The van der Waals surface area contributed by atoms with Crippen LogP contribution in [0.1, 0.15) is 38.7 Å². The Morgan fingerprint density at radius 2 is 1.75 bits per heavy atom. The summed E-state index contributed by atoms with van der Waals surface area (Å²) in [6.45, 7) is 8.42. The van der Waals surface area contributed by atoms with Gasteiger partial charge in [-0.05, 0) is 42.5 Å². The molecule has 1 aromatic carbocycles. The van der Waals surface area contributed by atoms with Crippen LogP contribution in [0, 0.1) is 5.92 Å². The highest BCUT2D eigenvalue weighted by atomic mass is 14.9. The summed E-state index contributed by atoms with van der Waals surface area (Å²) in [6, 6.07) is 8.70. The normalized spacial score (nSPS) is 12.8. The molecule has 0 aromatic heterocycles. The molecule has 0 spiro atoms. The van der Waals surface area contributed by atoms with Crippen molar-refractivity contribution in [1.82, 2.24) is 0 Å². The molecule has 0 aliphatic heterocycles. The fourth-order valence-electron chi connectivity index (χ4n) is 1.66. The number of anilines is 1. The van der Waals surface area contributed by atoms with E-state index >= 15 is 0 Å². The monoisotopic (exact) mass is 220 g/mol. The van der Waals surface area contributed by atoms with Gasteiger partial charge in [-0.2, -0.15) is 0 Å². The first-order valence-electron chi connectivity index (χ1n) is 6.17. The first kappa shape index (κ1) is 13.0. The maximum Gasteiger partial charge on any atom is 0.0340 e. The average molecular weight is 220 g/mol. The van der Waals surface area contributed by atoms with Crippen LogP contribution in [0.15, 0.2) is 24.3 Å². The van der Waals surface area contributed by atoms with Crippen molar-refractivity contribution in [3.63, 3.8) is 0 Å². The zero-order chi connectivity index (χ0) is 12.0. The summed E-state index contributed by atoms with van der Waals surface area (Å²) in [5, 5.41) is 3.44. The number of hydrogen-bond donors (Lipinski definition) is 2. The highest BCUT2D eigenvalue weighted by Crippen LogP contribution is 2.17. The van der Waals surface area contributed by atoms with Crippen LogP contribution in [0.5, 0.6) is 0 Å². The Bertz CT molecular complexity index is 290. The second-order valence-corrected chi connectivity index (χ2v) is 4.84. The third-order valence-corrected chi connectivity index (χ3v) is 2.89. The van der Waals surface area contributed by atoms with Gasteiger partial charge in [0.1, 0.15) is 0 Å². The topological polar surface area (TPSA) is 38.0 Å². The third kappa shape index (κ3) is 4.23. The lowest BCUT2D eigenvalue weighted by molar-refractivity contribution is 0.568. The van der Waals surface area contributed by atoms with E-state index in [0.29, 0.717) is 11.8 Å². The lowest BCUT2D eigenvalue weighted by Crippen LogP contribution is -2.15. The minimum Gasteiger partial charge on any atom is -0.385 e. The maximum atomic E-state index is 5.52.